The molecule has 1 saturated heterocycles. The van der Waals surface area contributed by atoms with Crippen LogP contribution in [0.15, 0.2) is 4.99 Å². The van der Waals surface area contributed by atoms with Crippen LogP contribution in [-0.4, -0.2) is 52.8 Å². The largest absolute Gasteiger partial charge is 0.315 e. The summed E-state index contributed by atoms with van der Waals surface area (Å²) in [7, 11) is 0. The van der Waals surface area contributed by atoms with E-state index in [9.17, 15) is 17.6 Å². The zero-order valence-corrected chi connectivity index (χ0v) is 13.8. The fourth-order valence-corrected chi connectivity index (χ4v) is 4.83. The van der Waals surface area contributed by atoms with E-state index in [1.165, 1.54) is 0 Å². The van der Waals surface area contributed by atoms with Gasteiger partial charge in [0.05, 0.1) is 23.0 Å². The molecule has 2 fully saturated rings. The van der Waals surface area contributed by atoms with E-state index in [-0.39, 0.29) is 43.0 Å². The van der Waals surface area contributed by atoms with Crippen LogP contribution < -0.4 is 5.73 Å². The van der Waals surface area contributed by atoms with Crippen LogP contribution in [0, 0.1) is 5.92 Å². The van der Waals surface area contributed by atoms with Crippen molar-refractivity contribution in [1.82, 2.24) is 4.90 Å². The molecule has 0 aromatic heterocycles. The second-order valence-corrected chi connectivity index (χ2v) is 8.11. The summed E-state index contributed by atoms with van der Waals surface area (Å²) in [6.45, 7) is 1.16. The molecule has 2 heterocycles. The molecule has 2 N–H and O–H groups in total. The number of nitrogens with two attached hydrogens (primary N) is 1. The molecule has 3 nitrogen and oxygen atoms in total. The van der Waals surface area contributed by atoms with E-state index in [1.54, 1.807) is 11.8 Å². The molecule has 1 aliphatic carbocycles. The van der Waals surface area contributed by atoms with E-state index in [1.807, 2.05) is 4.90 Å². The fraction of sp³-hybridized carbons (Fsp3) is 0.933. The highest BCUT2D eigenvalue weighted by Crippen LogP contribution is 2.41. The predicted molar refractivity (Wildman–Crippen MR) is 84.3 cm³/mol. The third-order valence-electron chi connectivity index (χ3n) is 5.10. The molecule has 3 aliphatic rings. The number of piperidine rings is 1. The molecule has 1 saturated carbocycles. The van der Waals surface area contributed by atoms with Crippen molar-refractivity contribution in [3.8, 4) is 0 Å². The van der Waals surface area contributed by atoms with Crippen molar-refractivity contribution in [2.45, 2.75) is 61.8 Å². The average molecular weight is 353 g/mol. The summed E-state index contributed by atoms with van der Waals surface area (Å²) in [5, 5.41) is 0.974. The highest BCUT2D eigenvalue weighted by atomic mass is 32.2. The minimum atomic E-state index is -2.58. The molecule has 2 unspecified atom stereocenters. The third kappa shape index (κ3) is 4.20. The molecule has 8 heteroatoms. The Labute approximate surface area is 138 Å². The number of likely N-dealkylation sites (tertiary alicyclic amines) is 1. The van der Waals surface area contributed by atoms with Gasteiger partial charge in [-0.2, -0.15) is 0 Å². The molecule has 0 bridgehead atoms. The molecule has 23 heavy (non-hydrogen) atoms. The van der Waals surface area contributed by atoms with Crippen molar-refractivity contribution in [1.29, 1.82) is 0 Å². The lowest BCUT2D eigenvalue weighted by atomic mass is 9.87. The quantitative estimate of drug-likeness (QED) is 0.791. The average Bonchev–Trinajstić information content (AvgIpc) is 2.96. The van der Waals surface area contributed by atoms with Crippen molar-refractivity contribution in [2.24, 2.45) is 16.6 Å². The maximum Gasteiger partial charge on any atom is 0.250 e. The van der Waals surface area contributed by atoms with E-state index in [0.29, 0.717) is 32.5 Å². The van der Waals surface area contributed by atoms with E-state index >= 15 is 0 Å². The molecule has 0 aromatic rings. The molecular formula is C15H23F4N3S. The molecular weight excluding hydrogens is 330 g/mol. The van der Waals surface area contributed by atoms with Gasteiger partial charge in [0, 0.05) is 44.7 Å². The van der Waals surface area contributed by atoms with Gasteiger partial charge >= 0.3 is 0 Å². The molecule has 0 amide bonds. The van der Waals surface area contributed by atoms with Crippen molar-refractivity contribution >= 4 is 16.8 Å². The Morgan fingerprint density at radius 3 is 2.22 bits per heavy atom. The van der Waals surface area contributed by atoms with E-state index in [0.717, 1.165) is 5.04 Å². The number of alkyl halides is 4. The zero-order chi connectivity index (χ0) is 16.7. The van der Waals surface area contributed by atoms with Crippen LogP contribution in [-0.2, 0) is 0 Å². The molecule has 0 spiro atoms. The number of hydrogen-bond donors (Lipinski definition) is 1. The minimum absolute atomic E-state index is 0.0409. The third-order valence-corrected chi connectivity index (χ3v) is 6.53. The topological polar surface area (TPSA) is 41.6 Å². The van der Waals surface area contributed by atoms with Crippen LogP contribution in [0.2, 0.25) is 0 Å². The van der Waals surface area contributed by atoms with Gasteiger partial charge in [0.2, 0.25) is 5.92 Å². The van der Waals surface area contributed by atoms with Crippen molar-refractivity contribution in [3.63, 3.8) is 0 Å². The second kappa shape index (κ2) is 6.52. The SMILES string of the molecule is NC(C1CN=C(C2CCC(F)(F)CC2)S1)N1CCC(F)(F)CC1. The van der Waals surface area contributed by atoms with Gasteiger partial charge in [-0.3, -0.25) is 9.89 Å². The number of thioether (sulfide) groups is 1. The molecule has 0 aromatic carbocycles. The normalized spacial score (nSPS) is 33.4. The molecule has 132 valence electrons. The number of hydrogen-bond acceptors (Lipinski definition) is 4. The van der Waals surface area contributed by atoms with Crippen LogP contribution in [0.25, 0.3) is 0 Å². The van der Waals surface area contributed by atoms with Crippen molar-refractivity contribution < 1.29 is 17.6 Å². The lowest BCUT2D eigenvalue weighted by molar-refractivity contribution is -0.0624. The van der Waals surface area contributed by atoms with Crippen LogP contribution in [0.1, 0.15) is 38.5 Å². The Morgan fingerprint density at radius 1 is 1.04 bits per heavy atom. The maximum atomic E-state index is 13.2. The van der Waals surface area contributed by atoms with Gasteiger partial charge in [-0.15, -0.1) is 11.8 Å². The van der Waals surface area contributed by atoms with Crippen molar-refractivity contribution in [3.05, 3.63) is 0 Å². The van der Waals surface area contributed by atoms with Gasteiger partial charge in [0.1, 0.15) is 0 Å². The van der Waals surface area contributed by atoms with E-state index in [2.05, 4.69) is 4.99 Å². The number of halogens is 4. The summed E-state index contributed by atoms with van der Waals surface area (Å²) in [6.07, 6.45) is 0.188. The lowest BCUT2D eigenvalue weighted by Gasteiger charge is -2.37. The fourth-order valence-electron chi connectivity index (χ4n) is 3.48. The van der Waals surface area contributed by atoms with Gasteiger partial charge in [-0.05, 0) is 12.8 Å². The first kappa shape index (κ1) is 17.5. The van der Waals surface area contributed by atoms with Gasteiger partial charge in [0.15, 0.2) is 0 Å². The second-order valence-electron chi connectivity index (χ2n) is 6.85. The monoisotopic (exact) mass is 353 g/mol. The number of rotatable bonds is 3. The highest BCUT2D eigenvalue weighted by molar-refractivity contribution is 8.14. The van der Waals surface area contributed by atoms with E-state index in [4.69, 9.17) is 5.73 Å². The molecule has 2 aliphatic heterocycles. The Hall–Kier alpha value is -0.340. The van der Waals surface area contributed by atoms with Crippen LogP contribution >= 0.6 is 11.8 Å². The Morgan fingerprint density at radius 2 is 1.61 bits per heavy atom. The van der Waals surface area contributed by atoms with Gasteiger partial charge in [0.25, 0.3) is 5.92 Å². The number of aliphatic imine (C=N–C) groups is 1. The molecule has 2 atom stereocenters. The first-order chi connectivity index (χ1) is 10.8. The van der Waals surface area contributed by atoms with Crippen LogP contribution in [0.4, 0.5) is 17.6 Å². The maximum absolute atomic E-state index is 13.2. The first-order valence-corrected chi connectivity index (χ1v) is 9.10. The van der Waals surface area contributed by atoms with Gasteiger partial charge in [-0.1, -0.05) is 0 Å². The Bertz CT molecular complexity index is 452. The summed E-state index contributed by atoms with van der Waals surface area (Å²) in [5.41, 5.74) is 6.24. The Kier molecular flexibility index (Phi) is 4.95. The smallest absolute Gasteiger partial charge is 0.250 e. The number of nitrogens with zero attached hydrogens (tertiary/aromatic N) is 2. The van der Waals surface area contributed by atoms with Crippen LogP contribution in [0.3, 0.4) is 0 Å². The Balaban J connectivity index is 1.49. The summed E-state index contributed by atoms with van der Waals surface area (Å²) in [6, 6.07) is 0. The lowest BCUT2D eigenvalue weighted by Crippen LogP contribution is -2.53. The van der Waals surface area contributed by atoms with Gasteiger partial charge < -0.3 is 5.73 Å². The van der Waals surface area contributed by atoms with Crippen molar-refractivity contribution in [2.75, 3.05) is 19.6 Å². The zero-order valence-electron chi connectivity index (χ0n) is 13.0. The van der Waals surface area contributed by atoms with Gasteiger partial charge in [-0.25, -0.2) is 17.6 Å². The minimum Gasteiger partial charge on any atom is -0.315 e. The summed E-state index contributed by atoms with van der Waals surface area (Å²) in [5.74, 6) is -4.99. The van der Waals surface area contributed by atoms with Crippen LogP contribution in [0.5, 0.6) is 0 Å². The predicted octanol–water partition coefficient (Wildman–Crippen LogP) is 3.34. The van der Waals surface area contributed by atoms with E-state index < -0.39 is 11.8 Å². The summed E-state index contributed by atoms with van der Waals surface area (Å²) in [4.78, 5) is 6.42. The molecule has 3 rings (SSSR count). The first-order valence-electron chi connectivity index (χ1n) is 8.22. The summed E-state index contributed by atoms with van der Waals surface area (Å²) >= 11 is 1.57. The molecule has 0 radical (unpaired) electrons. The standard InChI is InChI=1S/C15H23F4N3S/c16-14(17)3-1-10(2-4-14)13-21-9-11(23-13)12(20)22-7-5-15(18,19)6-8-22/h10-12H,1-9,20H2. The highest BCUT2D eigenvalue weighted by Gasteiger charge is 2.41. The summed E-state index contributed by atoms with van der Waals surface area (Å²) < 4.78 is 52.9.